The largest absolute Gasteiger partial charge is 0.473 e. The van der Waals surface area contributed by atoms with Gasteiger partial charge >= 0.3 is 0 Å². The Morgan fingerprint density at radius 2 is 1.95 bits per heavy atom. The van der Waals surface area contributed by atoms with Gasteiger partial charge in [-0.25, -0.2) is 4.98 Å². The number of pyridine rings is 2. The van der Waals surface area contributed by atoms with Crippen LogP contribution in [0.3, 0.4) is 0 Å². The molecule has 0 unspecified atom stereocenters. The van der Waals surface area contributed by atoms with E-state index in [2.05, 4.69) is 15.3 Å². The summed E-state index contributed by atoms with van der Waals surface area (Å²) in [5.74, 6) is 0.651. The fraction of sp³-hybridized carbons (Fsp3) is 0.333. The second kappa shape index (κ2) is 6.73. The van der Waals surface area contributed by atoms with Crippen molar-refractivity contribution in [1.82, 2.24) is 9.97 Å². The third-order valence-corrected chi connectivity index (χ3v) is 2.54. The maximum absolute atomic E-state index is 5.66. The minimum Gasteiger partial charge on any atom is -0.473 e. The molecule has 0 aliphatic heterocycles. The van der Waals surface area contributed by atoms with Crippen LogP contribution in [-0.4, -0.2) is 22.6 Å². The molecule has 0 aliphatic carbocycles. The molecular formula is C15H19N3O. The van der Waals surface area contributed by atoms with Crippen molar-refractivity contribution in [3.8, 4) is 5.88 Å². The Morgan fingerprint density at radius 3 is 2.68 bits per heavy atom. The van der Waals surface area contributed by atoms with E-state index in [1.54, 1.807) is 6.20 Å². The standard InChI is InChI=1S/C15H19N3O/c1-12(2)19-15-14(7-5-10-18-15)17-11-8-13-6-3-4-9-16-13/h3-7,9-10,12,17H,8,11H2,1-2H3. The quantitative estimate of drug-likeness (QED) is 0.864. The van der Waals surface area contributed by atoms with Crippen molar-refractivity contribution in [2.45, 2.75) is 26.4 Å². The first-order valence-corrected chi connectivity index (χ1v) is 6.51. The number of nitrogens with zero attached hydrogens (tertiary/aromatic N) is 2. The normalized spacial score (nSPS) is 10.5. The Balaban J connectivity index is 1.92. The smallest absolute Gasteiger partial charge is 0.237 e. The van der Waals surface area contributed by atoms with Gasteiger partial charge < -0.3 is 10.1 Å². The Morgan fingerprint density at radius 1 is 1.11 bits per heavy atom. The summed E-state index contributed by atoms with van der Waals surface area (Å²) >= 11 is 0. The van der Waals surface area contributed by atoms with Crippen molar-refractivity contribution in [1.29, 1.82) is 0 Å². The summed E-state index contributed by atoms with van der Waals surface area (Å²) in [5.41, 5.74) is 2.00. The molecule has 4 heteroatoms. The van der Waals surface area contributed by atoms with Gasteiger partial charge in [-0.05, 0) is 38.1 Å². The molecule has 4 nitrogen and oxygen atoms in total. The lowest BCUT2D eigenvalue weighted by molar-refractivity contribution is 0.234. The van der Waals surface area contributed by atoms with E-state index in [1.807, 2.05) is 50.4 Å². The molecule has 0 saturated carbocycles. The third kappa shape index (κ3) is 4.25. The fourth-order valence-electron chi connectivity index (χ4n) is 1.71. The molecule has 0 fully saturated rings. The molecule has 0 amide bonds. The van der Waals surface area contributed by atoms with E-state index in [4.69, 9.17) is 4.74 Å². The Bertz CT molecular complexity index is 500. The van der Waals surface area contributed by atoms with E-state index >= 15 is 0 Å². The molecule has 0 saturated heterocycles. The SMILES string of the molecule is CC(C)Oc1ncccc1NCCc1ccccn1. The summed E-state index contributed by atoms with van der Waals surface area (Å²) in [6, 6.07) is 9.82. The van der Waals surface area contributed by atoms with E-state index in [1.165, 1.54) is 0 Å². The summed E-state index contributed by atoms with van der Waals surface area (Å²) in [6.07, 6.45) is 4.54. The van der Waals surface area contributed by atoms with Gasteiger partial charge in [-0.2, -0.15) is 0 Å². The minimum atomic E-state index is 0.117. The van der Waals surface area contributed by atoms with Crippen molar-refractivity contribution in [3.05, 3.63) is 48.4 Å². The maximum atomic E-state index is 5.66. The molecule has 100 valence electrons. The molecule has 2 aromatic heterocycles. The highest BCUT2D eigenvalue weighted by Crippen LogP contribution is 2.21. The third-order valence-electron chi connectivity index (χ3n) is 2.54. The molecule has 2 rings (SSSR count). The minimum absolute atomic E-state index is 0.117. The van der Waals surface area contributed by atoms with Crippen LogP contribution in [0, 0.1) is 0 Å². The van der Waals surface area contributed by atoms with Crippen molar-refractivity contribution in [3.63, 3.8) is 0 Å². The number of rotatable bonds is 6. The van der Waals surface area contributed by atoms with Crippen LogP contribution in [0.4, 0.5) is 5.69 Å². The van der Waals surface area contributed by atoms with Crippen LogP contribution in [0.25, 0.3) is 0 Å². The summed E-state index contributed by atoms with van der Waals surface area (Å²) in [4.78, 5) is 8.54. The highest BCUT2D eigenvalue weighted by atomic mass is 16.5. The Kier molecular flexibility index (Phi) is 4.72. The van der Waals surface area contributed by atoms with Gasteiger partial charge in [-0.15, -0.1) is 0 Å². The number of hydrogen-bond acceptors (Lipinski definition) is 4. The van der Waals surface area contributed by atoms with Crippen LogP contribution in [0.15, 0.2) is 42.7 Å². The molecule has 19 heavy (non-hydrogen) atoms. The van der Waals surface area contributed by atoms with E-state index in [0.717, 1.165) is 24.3 Å². The molecule has 0 atom stereocenters. The van der Waals surface area contributed by atoms with Crippen LogP contribution in [-0.2, 0) is 6.42 Å². The van der Waals surface area contributed by atoms with Crippen LogP contribution in [0.5, 0.6) is 5.88 Å². The molecule has 0 bridgehead atoms. The van der Waals surface area contributed by atoms with Crippen molar-refractivity contribution < 1.29 is 4.74 Å². The average Bonchev–Trinajstić information content (AvgIpc) is 2.41. The van der Waals surface area contributed by atoms with Crippen LogP contribution in [0.1, 0.15) is 19.5 Å². The van der Waals surface area contributed by atoms with E-state index in [0.29, 0.717) is 5.88 Å². The first-order valence-electron chi connectivity index (χ1n) is 6.51. The molecule has 2 aromatic rings. The predicted octanol–water partition coefficient (Wildman–Crippen LogP) is 2.92. The van der Waals surface area contributed by atoms with Gasteiger partial charge in [0, 0.05) is 31.1 Å². The average molecular weight is 257 g/mol. The Labute approximate surface area is 113 Å². The van der Waals surface area contributed by atoms with E-state index < -0.39 is 0 Å². The second-order valence-electron chi connectivity index (χ2n) is 4.52. The zero-order valence-corrected chi connectivity index (χ0v) is 11.3. The highest BCUT2D eigenvalue weighted by molar-refractivity contribution is 5.52. The van der Waals surface area contributed by atoms with Crippen LogP contribution < -0.4 is 10.1 Å². The lowest BCUT2D eigenvalue weighted by Gasteiger charge is -2.13. The predicted molar refractivity (Wildman–Crippen MR) is 76.4 cm³/mol. The lowest BCUT2D eigenvalue weighted by atomic mass is 10.2. The summed E-state index contributed by atoms with van der Waals surface area (Å²) in [7, 11) is 0. The molecule has 0 radical (unpaired) electrons. The summed E-state index contributed by atoms with van der Waals surface area (Å²) in [5, 5.41) is 3.34. The van der Waals surface area contributed by atoms with Gasteiger partial charge in [0.15, 0.2) is 0 Å². The molecule has 2 heterocycles. The zero-order valence-electron chi connectivity index (χ0n) is 11.3. The molecule has 0 aliphatic rings. The number of aromatic nitrogens is 2. The zero-order chi connectivity index (χ0) is 13.5. The first-order chi connectivity index (χ1) is 9.25. The van der Waals surface area contributed by atoms with Gasteiger partial charge in [0.25, 0.3) is 0 Å². The van der Waals surface area contributed by atoms with Gasteiger partial charge in [0.05, 0.1) is 11.8 Å². The van der Waals surface area contributed by atoms with E-state index in [9.17, 15) is 0 Å². The fourth-order valence-corrected chi connectivity index (χ4v) is 1.71. The van der Waals surface area contributed by atoms with Crippen molar-refractivity contribution in [2.75, 3.05) is 11.9 Å². The monoisotopic (exact) mass is 257 g/mol. The van der Waals surface area contributed by atoms with Gasteiger partial charge in [-0.1, -0.05) is 6.07 Å². The van der Waals surface area contributed by atoms with Crippen molar-refractivity contribution in [2.24, 2.45) is 0 Å². The van der Waals surface area contributed by atoms with Gasteiger partial charge in [0.1, 0.15) is 0 Å². The topological polar surface area (TPSA) is 47.0 Å². The van der Waals surface area contributed by atoms with Gasteiger partial charge in [-0.3, -0.25) is 4.98 Å². The lowest BCUT2D eigenvalue weighted by Crippen LogP contribution is -2.11. The number of nitrogens with one attached hydrogen (secondary N) is 1. The van der Waals surface area contributed by atoms with E-state index in [-0.39, 0.29) is 6.10 Å². The number of hydrogen-bond donors (Lipinski definition) is 1. The second-order valence-corrected chi connectivity index (χ2v) is 4.52. The van der Waals surface area contributed by atoms with Crippen LogP contribution in [0.2, 0.25) is 0 Å². The summed E-state index contributed by atoms with van der Waals surface area (Å²) in [6.45, 7) is 4.79. The highest BCUT2D eigenvalue weighted by Gasteiger charge is 2.05. The van der Waals surface area contributed by atoms with Crippen LogP contribution >= 0.6 is 0 Å². The number of anilines is 1. The number of ether oxygens (including phenoxy) is 1. The molecule has 0 spiro atoms. The summed E-state index contributed by atoms with van der Waals surface area (Å²) < 4.78 is 5.66. The first kappa shape index (κ1) is 13.3. The maximum Gasteiger partial charge on any atom is 0.237 e. The molecule has 1 N–H and O–H groups in total. The van der Waals surface area contributed by atoms with Crippen molar-refractivity contribution >= 4 is 5.69 Å². The van der Waals surface area contributed by atoms with Gasteiger partial charge in [0.2, 0.25) is 5.88 Å². The molecular weight excluding hydrogens is 238 g/mol. The molecule has 0 aromatic carbocycles. The Hall–Kier alpha value is -2.10.